The highest BCUT2D eigenvalue weighted by atomic mass is 16.5. The van der Waals surface area contributed by atoms with Gasteiger partial charge in [-0.1, -0.05) is 110 Å². The summed E-state index contributed by atoms with van der Waals surface area (Å²) in [4.78, 5) is 37.0. The number of hydrogen-bond acceptors (Lipinski definition) is 5. The zero-order valence-corrected chi connectivity index (χ0v) is 27.7. The molecular formula is C39H53N3O4. The summed E-state index contributed by atoms with van der Waals surface area (Å²) in [7, 11) is 0. The number of amides is 2. The first-order valence-corrected chi connectivity index (χ1v) is 16.6. The molecule has 0 radical (unpaired) electrons. The molecule has 1 aliphatic heterocycles. The highest BCUT2D eigenvalue weighted by Gasteiger charge is 2.43. The summed E-state index contributed by atoms with van der Waals surface area (Å²) in [6, 6.07) is 9.15. The third-order valence-corrected chi connectivity index (χ3v) is 7.17. The second-order valence-electron chi connectivity index (χ2n) is 11.0. The molecule has 1 unspecified atom stereocenters. The fourth-order valence-corrected chi connectivity index (χ4v) is 4.49. The van der Waals surface area contributed by atoms with Gasteiger partial charge in [0.2, 0.25) is 11.7 Å². The smallest absolute Gasteiger partial charge is 0.286 e. The average Bonchev–Trinajstić information content (AvgIpc) is 3.38. The van der Waals surface area contributed by atoms with E-state index in [1.54, 1.807) is 6.92 Å². The molecule has 1 heterocycles. The first-order valence-electron chi connectivity index (χ1n) is 16.6. The zero-order chi connectivity index (χ0) is 33.1. The van der Waals surface area contributed by atoms with Gasteiger partial charge in [-0.25, -0.2) is 0 Å². The molecule has 0 fully saturated rings. The zero-order valence-electron chi connectivity index (χ0n) is 27.7. The molecule has 1 aliphatic rings. The minimum atomic E-state index is -1.18. The van der Waals surface area contributed by atoms with Gasteiger partial charge in [-0.3, -0.25) is 14.4 Å². The molecule has 1 aromatic carbocycles. The molecule has 2 rings (SSSR count). The van der Waals surface area contributed by atoms with Gasteiger partial charge in [0.05, 0.1) is 0 Å². The maximum absolute atomic E-state index is 12.5. The van der Waals surface area contributed by atoms with Crippen molar-refractivity contribution in [1.29, 1.82) is 0 Å². The third kappa shape index (κ3) is 16.2. The second-order valence-corrected chi connectivity index (χ2v) is 11.0. The number of ether oxygens (including phenoxy) is 1. The van der Waals surface area contributed by atoms with Crippen molar-refractivity contribution in [2.24, 2.45) is 0 Å². The predicted molar refractivity (Wildman–Crippen MR) is 189 cm³/mol. The van der Waals surface area contributed by atoms with Crippen LogP contribution in [-0.2, 0) is 24.7 Å². The van der Waals surface area contributed by atoms with Gasteiger partial charge in [-0.2, -0.15) is 0 Å². The van der Waals surface area contributed by atoms with E-state index in [2.05, 4.69) is 95.8 Å². The van der Waals surface area contributed by atoms with Crippen LogP contribution < -0.4 is 16.0 Å². The Morgan fingerprint density at radius 2 is 1.28 bits per heavy atom. The summed E-state index contributed by atoms with van der Waals surface area (Å²) in [6.45, 7) is 6.10. The molecule has 7 nitrogen and oxygen atoms in total. The Kier molecular flexibility index (Phi) is 19.9. The Labute approximate surface area is 276 Å². The van der Waals surface area contributed by atoms with Crippen LogP contribution in [-0.4, -0.2) is 43.8 Å². The molecule has 7 heteroatoms. The summed E-state index contributed by atoms with van der Waals surface area (Å²) in [5.74, 6) is -0.577. The van der Waals surface area contributed by atoms with Crippen molar-refractivity contribution in [3.05, 3.63) is 121 Å². The normalized spacial score (nSPS) is 16.9. The molecule has 1 atom stereocenters. The molecule has 2 amide bonds. The summed E-state index contributed by atoms with van der Waals surface area (Å²) in [5, 5.41) is 8.96. The Hall–Kier alpha value is -4.23. The highest BCUT2D eigenvalue weighted by Crippen LogP contribution is 2.34. The number of benzene rings is 1. The van der Waals surface area contributed by atoms with E-state index in [0.717, 1.165) is 51.4 Å². The van der Waals surface area contributed by atoms with Crippen LogP contribution >= 0.6 is 0 Å². The van der Waals surface area contributed by atoms with E-state index in [4.69, 9.17) is 4.74 Å². The van der Waals surface area contributed by atoms with Gasteiger partial charge in [-0.05, 0) is 64.8 Å². The highest BCUT2D eigenvalue weighted by molar-refractivity contribution is 6.07. The van der Waals surface area contributed by atoms with E-state index < -0.39 is 11.5 Å². The SMILES string of the molecule is CC/C=C\C/C=C\C/C=C\C/C=C\C/C=C\C/C=C\CCC(=O)NCCCNCCNC(=O)C1=CC(=O)C(C)(c2ccccc2)O1. The minimum absolute atomic E-state index is 0.0306. The van der Waals surface area contributed by atoms with Crippen LogP contribution in [0.5, 0.6) is 0 Å². The summed E-state index contributed by atoms with van der Waals surface area (Å²) < 4.78 is 5.76. The molecular weight excluding hydrogens is 574 g/mol. The van der Waals surface area contributed by atoms with Crippen molar-refractivity contribution in [3.63, 3.8) is 0 Å². The van der Waals surface area contributed by atoms with Crippen molar-refractivity contribution in [1.82, 2.24) is 16.0 Å². The lowest BCUT2D eigenvalue weighted by Crippen LogP contribution is -2.35. The molecule has 248 valence electrons. The number of rotatable bonds is 23. The predicted octanol–water partition coefficient (Wildman–Crippen LogP) is 7.08. The summed E-state index contributed by atoms with van der Waals surface area (Å²) >= 11 is 0. The van der Waals surface area contributed by atoms with Crippen molar-refractivity contribution < 1.29 is 19.1 Å². The first-order chi connectivity index (χ1) is 22.5. The molecule has 1 aromatic rings. The van der Waals surface area contributed by atoms with Gasteiger partial charge in [0, 0.05) is 37.7 Å². The number of carbonyl (C=O) groups excluding carboxylic acids is 3. The van der Waals surface area contributed by atoms with Crippen molar-refractivity contribution in [2.75, 3.05) is 26.2 Å². The van der Waals surface area contributed by atoms with E-state index in [9.17, 15) is 14.4 Å². The van der Waals surface area contributed by atoms with E-state index in [1.807, 2.05) is 30.3 Å². The molecule has 0 bridgehead atoms. The van der Waals surface area contributed by atoms with E-state index in [1.165, 1.54) is 6.08 Å². The largest absolute Gasteiger partial charge is 0.469 e. The number of allylic oxidation sites excluding steroid dienone is 12. The Bertz CT molecular complexity index is 1260. The Morgan fingerprint density at radius 1 is 0.717 bits per heavy atom. The van der Waals surface area contributed by atoms with Crippen molar-refractivity contribution in [2.45, 2.75) is 77.2 Å². The maximum atomic E-state index is 12.5. The Balaban J connectivity index is 1.40. The Morgan fingerprint density at radius 3 is 1.87 bits per heavy atom. The molecule has 0 spiro atoms. The number of hydrogen-bond donors (Lipinski definition) is 3. The summed E-state index contributed by atoms with van der Waals surface area (Å²) in [6.07, 6.45) is 35.2. The second kappa shape index (κ2) is 24.1. The lowest BCUT2D eigenvalue weighted by molar-refractivity contribution is -0.132. The third-order valence-electron chi connectivity index (χ3n) is 7.17. The van der Waals surface area contributed by atoms with Crippen molar-refractivity contribution in [3.8, 4) is 0 Å². The average molecular weight is 628 g/mol. The van der Waals surface area contributed by atoms with Gasteiger partial charge in [0.15, 0.2) is 11.4 Å². The fourth-order valence-electron chi connectivity index (χ4n) is 4.49. The topological polar surface area (TPSA) is 96.5 Å². The van der Waals surface area contributed by atoms with Gasteiger partial charge in [0.25, 0.3) is 5.91 Å². The van der Waals surface area contributed by atoms with Gasteiger partial charge in [0.1, 0.15) is 0 Å². The van der Waals surface area contributed by atoms with E-state index in [0.29, 0.717) is 38.2 Å². The van der Waals surface area contributed by atoms with Gasteiger partial charge in [-0.15, -0.1) is 0 Å². The van der Waals surface area contributed by atoms with E-state index in [-0.39, 0.29) is 17.4 Å². The molecule has 3 N–H and O–H groups in total. The van der Waals surface area contributed by atoms with Gasteiger partial charge >= 0.3 is 0 Å². The summed E-state index contributed by atoms with van der Waals surface area (Å²) in [5.41, 5.74) is -0.467. The van der Waals surface area contributed by atoms with Gasteiger partial charge < -0.3 is 20.7 Å². The molecule has 0 aromatic heterocycles. The molecule has 0 aliphatic carbocycles. The van der Waals surface area contributed by atoms with Crippen LogP contribution in [0.15, 0.2) is 115 Å². The standard InChI is InChI=1S/C39H53N3O4/c1-3-4-5-6-7-8-9-10-11-12-13-14-15-16-17-18-19-20-24-28-37(44)41-30-25-29-40-31-32-42-38(45)35-33-36(43)39(2,46-35)34-26-22-21-23-27-34/h4-5,7-8,10-11,13-14,16-17,19-23,26-27,33,40H,3,6,9,12,15,18,24-25,28-32H2,1-2H3,(H,41,44)(H,42,45)/b5-4-,8-7-,11-10-,14-13-,17-16-,20-19-. The number of carbonyl (C=O) groups is 3. The molecule has 46 heavy (non-hydrogen) atoms. The van der Waals surface area contributed by atoms with Crippen LogP contribution in [0, 0.1) is 0 Å². The molecule has 0 saturated heterocycles. The monoisotopic (exact) mass is 627 g/mol. The lowest BCUT2D eigenvalue weighted by Gasteiger charge is -2.24. The van der Waals surface area contributed by atoms with Crippen LogP contribution in [0.4, 0.5) is 0 Å². The van der Waals surface area contributed by atoms with Crippen LogP contribution in [0.2, 0.25) is 0 Å². The van der Waals surface area contributed by atoms with E-state index >= 15 is 0 Å². The number of ketones is 1. The lowest BCUT2D eigenvalue weighted by atomic mass is 9.92. The molecule has 0 saturated carbocycles. The number of nitrogens with one attached hydrogen (secondary N) is 3. The van der Waals surface area contributed by atoms with Crippen LogP contribution in [0.1, 0.15) is 77.2 Å². The first kappa shape index (κ1) is 38.0. The fraction of sp³-hybridized carbons (Fsp3) is 0.410. The van der Waals surface area contributed by atoms with Crippen molar-refractivity contribution >= 4 is 17.6 Å². The quantitative estimate of drug-likeness (QED) is 0.0891. The maximum Gasteiger partial charge on any atom is 0.286 e. The van der Waals surface area contributed by atoms with Crippen LogP contribution in [0.3, 0.4) is 0 Å². The minimum Gasteiger partial charge on any atom is -0.469 e. The van der Waals surface area contributed by atoms with Crippen LogP contribution in [0.25, 0.3) is 0 Å².